The summed E-state index contributed by atoms with van der Waals surface area (Å²) in [5.74, 6) is 1.30. The number of hydrogen-bond acceptors (Lipinski definition) is 3. The first kappa shape index (κ1) is 15.4. The van der Waals surface area contributed by atoms with Crippen LogP contribution in [0.15, 0.2) is 0 Å². The summed E-state index contributed by atoms with van der Waals surface area (Å²) in [4.78, 5) is 16.5. The summed E-state index contributed by atoms with van der Waals surface area (Å²) in [5.41, 5.74) is 5.87. The lowest BCUT2D eigenvalue weighted by molar-refractivity contribution is -0.133. The van der Waals surface area contributed by atoms with Crippen LogP contribution in [0, 0.1) is 11.8 Å². The van der Waals surface area contributed by atoms with Crippen LogP contribution in [0.25, 0.3) is 0 Å². The molecule has 1 aliphatic rings. The van der Waals surface area contributed by atoms with Crippen molar-refractivity contribution in [2.45, 2.75) is 40.2 Å². The summed E-state index contributed by atoms with van der Waals surface area (Å²) in [7, 11) is 0. The van der Waals surface area contributed by atoms with Gasteiger partial charge >= 0.3 is 0 Å². The summed E-state index contributed by atoms with van der Waals surface area (Å²) in [6, 6.07) is 0.251. The molecule has 0 aromatic carbocycles. The monoisotopic (exact) mass is 255 g/mol. The van der Waals surface area contributed by atoms with Crippen LogP contribution in [0.1, 0.15) is 34.1 Å². The molecule has 4 heteroatoms. The van der Waals surface area contributed by atoms with Crippen LogP contribution in [0.2, 0.25) is 0 Å². The Morgan fingerprint density at radius 2 is 1.83 bits per heavy atom. The molecule has 1 atom stereocenters. The van der Waals surface area contributed by atoms with E-state index in [1.807, 2.05) is 4.90 Å². The van der Waals surface area contributed by atoms with Crippen molar-refractivity contribution in [2.24, 2.45) is 17.6 Å². The van der Waals surface area contributed by atoms with Crippen LogP contribution in [-0.2, 0) is 4.79 Å². The predicted molar refractivity (Wildman–Crippen MR) is 75.3 cm³/mol. The highest BCUT2D eigenvalue weighted by Crippen LogP contribution is 2.09. The number of nitrogens with two attached hydrogens (primary N) is 1. The molecule has 0 aromatic rings. The Kier molecular flexibility index (Phi) is 6.09. The highest BCUT2D eigenvalue weighted by molar-refractivity contribution is 5.78. The lowest BCUT2D eigenvalue weighted by Crippen LogP contribution is -2.43. The molecular formula is C14H29N3O. The van der Waals surface area contributed by atoms with Crippen LogP contribution in [-0.4, -0.2) is 54.5 Å². The van der Waals surface area contributed by atoms with E-state index in [2.05, 4.69) is 32.6 Å². The zero-order chi connectivity index (χ0) is 13.7. The second-order valence-corrected chi connectivity index (χ2v) is 6.37. The number of rotatable bonds is 6. The Bertz CT molecular complexity index is 256. The van der Waals surface area contributed by atoms with Gasteiger partial charge < -0.3 is 10.6 Å². The first-order valence-electron chi connectivity index (χ1n) is 7.14. The Labute approximate surface area is 111 Å². The van der Waals surface area contributed by atoms with Crippen molar-refractivity contribution in [3.8, 4) is 0 Å². The van der Waals surface area contributed by atoms with Crippen molar-refractivity contribution in [1.82, 2.24) is 9.80 Å². The van der Waals surface area contributed by atoms with Crippen molar-refractivity contribution >= 4 is 5.91 Å². The maximum Gasteiger partial charge on any atom is 0.236 e. The molecule has 2 N–H and O–H groups in total. The first-order valence-corrected chi connectivity index (χ1v) is 7.14. The molecule has 0 aliphatic carbocycles. The van der Waals surface area contributed by atoms with Crippen LogP contribution in [0.3, 0.4) is 0 Å². The Morgan fingerprint density at radius 3 is 2.22 bits per heavy atom. The quantitative estimate of drug-likeness (QED) is 0.775. The molecule has 0 spiro atoms. The van der Waals surface area contributed by atoms with E-state index in [0.717, 1.165) is 32.6 Å². The van der Waals surface area contributed by atoms with Gasteiger partial charge in [0, 0.05) is 32.2 Å². The maximum atomic E-state index is 12.3. The van der Waals surface area contributed by atoms with E-state index in [0.29, 0.717) is 18.4 Å². The number of nitrogens with zero attached hydrogens (tertiary/aromatic N) is 2. The molecule has 0 bridgehead atoms. The normalized spacial score (nSPS) is 20.9. The molecule has 1 heterocycles. The van der Waals surface area contributed by atoms with E-state index >= 15 is 0 Å². The molecule has 1 amide bonds. The van der Waals surface area contributed by atoms with Gasteiger partial charge in [0.2, 0.25) is 5.91 Å². The minimum Gasteiger partial charge on any atom is -0.341 e. The third-order valence-corrected chi connectivity index (χ3v) is 3.19. The summed E-state index contributed by atoms with van der Waals surface area (Å²) in [5, 5.41) is 0. The highest BCUT2D eigenvalue weighted by Gasteiger charge is 2.24. The molecule has 106 valence electrons. The summed E-state index contributed by atoms with van der Waals surface area (Å²) in [6.07, 6.45) is 1.02. The zero-order valence-corrected chi connectivity index (χ0v) is 12.4. The second kappa shape index (κ2) is 7.10. The fourth-order valence-electron chi connectivity index (χ4n) is 2.46. The lowest BCUT2D eigenvalue weighted by Gasteiger charge is -2.28. The van der Waals surface area contributed by atoms with E-state index in [-0.39, 0.29) is 11.9 Å². The standard InChI is InChI=1S/C14H29N3O/c1-11(2)7-17(8-12(3)4)14(18)10-16-6-5-13(15)9-16/h11-13H,5-10,15H2,1-4H3/t13-/m1/s1. The van der Waals surface area contributed by atoms with Gasteiger partial charge in [0.15, 0.2) is 0 Å². The fraction of sp³-hybridized carbons (Fsp3) is 0.929. The minimum absolute atomic E-state index is 0.251. The van der Waals surface area contributed by atoms with Crippen LogP contribution >= 0.6 is 0 Å². The molecule has 18 heavy (non-hydrogen) atoms. The van der Waals surface area contributed by atoms with Gasteiger partial charge in [-0.3, -0.25) is 9.69 Å². The van der Waals surface area contributed by atoms with Crippen molar-refractivity contribution in [3.63, 3.8) is 0 Å². The molecule has 0 aromatic heterocycles. The van der Waals surface area contributed by atoms with Gasteiger partial charge in [0.05, 0.1) is 6.54 Å². The average Bonchev–Trinajstić information content (AvgIpc) is 2.61. The van der Waals surface area contributed by atoms with E-state index in [1.54, 1.807) is 0 Å². The summed E-state index contributed by atoms with van der Waals surface area (Å²) >= 11 is 0. The van der Waals surface area contributed by atoms with E-state index in [1.165, 1.54) is 0 Å². The van der Waals surface area contributed by atoms with Gasteiger partial charge in [-0.2, -0.15) is 0 Å². The molecule has 1 rings (SSSR count). The molecule has 1 saturated heterocycles. The molecule has 1 aliphatic heterocycles. The Morgan fingerprint density at radius 1 is 1.28 bits per heavy atom. The zero-order valence-electron chi connectivity index (χ0n) is 12.4. The molecule has 0 saturated carbocycles. The predicted octanol–water partition coefficient (Wildman–Crippen LogP) is 1.16. The number of amides is 1. The first-order chi connectivity index (χ1) is 8.38. The van der Waals surface area contributed by atoms with Crippen molar-refractivity contribution < 1.29 is 4.79 Å². The van der Waals surface area contributed by atoms with Crippen molar-refractivity contribution in [2.75, 3.05) is 32.7 Å². The number of carbonyl (C=O) groups excluding carboxylic acids is 1. The topological polar surface area (TPSA) is 49.6 Å². The van der Waals surface area contributed by atoms with Crippen LogP contribution in [0.4, 0.5) is 0 Å². The van der Waals surface area contributed by atoms with Crippen molar-refractivity contribution in [3.05, 3.63) is 0 Å². The summed E-state index contributed by atoms with van der Waals surface area (Å²) < 4.78 is 0. The largest absolute Gasteiger partial charge is 0.341 e. The van der Waals surface area contributed by atoms with E-state index in [4.69, 9.17) is 5.73 Å². The number of carbonyl (C=O) groups is 1. The molecule has 1 fully saturated rings. The van der Waals surface area contributed by atoms with Gasteiger partial charge in [0.1, 0.15) is 0 Å². The van der Waals surface area contributed by atoms with Gasteiger partial charge in [-0.25, -0.2) is 0 Å². The van der Waals surface area contributed by atoms with Gasteiger partial charge in [0.25, 0.3) is 0 Å². The van der Waals surface area contributed by atoms with Crippen LogP contribution < -0.4 is 5.73 Å². The highest BCUT2D eigenvalue weighted by atomic mass is 16.2. The molecule has 4 nitrogen and oxygen atoms in total. The SMILES string of the molecule is CC(C)CN(CC(C)C)C(=O)CN1CC[C@@H](N)C1. The Hall–Kier alpha value is -0.610. The van der Waals surface area contributed by atoms with E-state index in [9.17, 15) is 4.79 Å². The fourth-order valence-corrected chi connectivity index (χ4v) is 2.46. The molecule has 0 radical (unpaired) electrons. The third kappa shape index (κ3) is 5.36. The van der Waals surface area contributed by atoms with Crippen molar-refractivity contribution in [1.29, 1.82) is 0 Å². The third-order valence-electron chi connectivity index (χ3n) is 3.19. The average molecular weight is 255 g/mol. The van der Waals surface area contributed by atoms with Gasteiger partial charge in [-0.1, -0.05) is 27.7 Å². The smallest absolute Gasteiger partial charge is 0.236 e. The molecule has 0 unspecified atom stereocenters. The maximum absolute atomic E-state index is 12.3. The van der Waals surface area contributed by atoms with Gasteiger partial charge in [-0.05, 0) is 18.3 Å². The Balaban J connectivity index is 2.47. The second-order valence-electron chi connectivity index (χ2n) is 6.37. The lowest BCUT2D eigenvalue weighted by atomic mass is 10.1. The summed E-state index contributed by atoms with van der Waals surface area (Å²) in [6.45, 7) is 12.7. The molecular weight excluding hydrogens is 226 g/mol. The number of likely N-dealkylation sites (tertiary alicyclic amines) is 1. The van der Waals surface area contributed by atoms with Crippen LogP contribution in [0.5, 0.6) is 0 Å². The van der Waals surface area contributed by atoms with E-state index < -0.39 is 0 Å². The minimum atomic E-state index is 0.251. The van der Waals surface area contributed by atoms with Gasteiger partial charge in [-0.15, -0.1) is 0 Å². The number of hydrogen-bond donors (Lipinski definition) is 1.